The summed E-state index contributed by atoms with van der Waals surface area (Å²) in [5.74, 6) is 0. The fourth-order valence-corrected chi connectivity index (χ4v) is 0.671. The van der Waals surface area contributed by atoms with Gasteiger partial charge < -0.3 is 30.6 Å². The maximum atomic E-state index is 8.96. The number of rotatable bonds is 5. The molecule has 0 unspecified atom stereocenters. The van der Waals surface area contributed by atoms with Crippen LogP contribution in [0.5, 0.6) is 0 Å². The van der Waals surface area contributed by atoms with Crippen LogP contribution in [0.3, 0.4) is 0 Å². The standard InChI is InChI=1S/C6H14O6.2ClH/c7-1-3(9)5(11)6(12)4(10)2-8;;/h3-12H,1-2H2;2*1H/t3-,4-,5-,6+;;/m1../s1. The molecule has 0 fully saturated rings. The Balaban J connectivity index is -0.000000605. The molecule has 0 bridgehead atoms. The first-order valence-electron chi connectivity index (χ1n) is 3.48. The normalized spacial score (nSPS) is 18.4. The van der Waals surface area contributed by atoms with Gasteiger partial charge in [-0.2, -0.15) is 0 Å². The number of aliphatic hydroxyl groups is 6. The van der Waals surface area contributed by atoms with Crippen LogP contribution in [-0.4, -0.2) is 68.3 Å². The minimum atomic E-state index is -1.67. The van der Waals surface area contributed by atoms with E-state index in [-0.39, 0.29) is 24.8 Å². The van der Waals surface area contributed by atoms with Crippen LogP contribution in [0.1, 0.15) is 0 Å². The number of halogens is 2. The molecule has 0 aliphatic heterocycles. The molecular weight excluding hydrogens is 239 g/mol. The summed E-state index contributed by atoms with van der Waals surface area (Å²) in [5, 5.41) is 52.2. The Morgan fingerprint density at radius 1 is 0.643 bits per heavy atom. The van der Waals surface area contributed by atoms with Gasteiger partial charge in [0.15, 0.2) is 0 Å². The second kappa shape index (κ2) is 9.88. The van der Waals surface area contributed by atoms with E-state index in [0.29, 0.717) is 0 Å². The summed E-state index contributed by atoms with van der Waals surface area (Å²) in [6.45, 7) is -1.45. The summed E-state index contributed by atoms with van der Waals surface area (Å²) in [5.41, 5.74) is 0. The number of aliphatic hydroxyl groups excluding tert-OH is 6. The maximum absolute atomic E-state index is 8.96. The molecule has 0 aromatic carbocycles. The Hall–Kier alpha value is 0.340. The Morgan fingerprint density at radius 2 is 0.857 bits per heavy atom. The summed E-state index contributed by atoms with van der Waals surface area (Å²) in [6, 6.07) is 0. The van der Waals surface area contributed by atoms with E-state index < -0.39 is 37.6 Å². The smallest absolute Gasteiger partial charge is 0.111 e. The van der Waals surface area contributed by atoms with Crippen molar-refractivity contribution in [3.05, 3.63) is 0 Å². The molecule has 0 amide bonds. The topological polar surface area (TPSA) is 121 Å². The zero-order chi connectivity index (χ0) is 9.72. The van der Waals surface area contributed by atoms with Crippen molar-refractivity contribution in [2.24, 2.45) is 0 Å². The lowest BCUT2D eigenvalue weighted by atomic mass is 10.0. The summed E-state index contributed by atoms with van der Waals surface area (Å²) >= 11 is 0. The van der Waals surface area contributed by atoms with Crippen LogP contribution in [0.15, 0.2) is 0 Å². The molecule has 0 aliphatic rings. The molecule has 8 heteroatoms. The molecule has 0 aromatic rings. The van der Waals surface area contributed by atoms with Gasteiger partial charge in [-0.25, -0.2) is 0 Å². The van der Waals surface area contributed by atoms with E-state index in [9.17, 15) is 0 Å². The monoisotopic (exact) mass is 254 g/mol. The number of hydrogen-bond donors (Lipinski definition) is 6. The first kappa shape index (κ1) is 19.8. The van der Waals surface area contributed by atoms with Gasteiger partial charge in [-0.1, -0.05) is 0 Å². The van der Waals surface area contributed by atoms with Crippen LogP contribution in [0, 0.1) is 0 Å². The van der Waals surface area contributed by atoms with Crippen LogP contribution in [0.4, 0.5) is 0 Å². The van der Waals surface area contributed by atoms with Gasteiger partial charge in [0.1, 0.15) is 24.4 Å². The summed E-state index contributed by atoms with van der Waals surface area (Å²) < 4.78 is 0. The molecule has 0 aliphatic carbocycles. The highest BCUT2D eigenvalue weighted by Crippen LogP contribution is 2.03. The Kier molecular flexibility index (Phi) is 14.0. The predicted octanol–water partition coefficient (Wildman–Crippen LogP) is -2.74. The molecule has 0 aromatic heterocycles. The lowest BCUT2D eigenvalue weighted by Gasteiger charge is -2.24. The quantitative estimate of drug-likeness (QED) is 0.317. The lowest BCUT2D eigenvalue weighted by Crippen LogP contribution is -2.46. The summed E-state index contributed by atoms with van der Waals surface area (Å²) in [4.78, 5) is 0. The Labute approximate surface area is 93.6 Å². The second-order valence-corrected chi connectivity index (χ2v) is 2.48. The Bertz CT molecular complexity index is 113. The van der Waals surface area contributed by atoms with Gasteiger partial charge in [-0.3, -0.25) is 0 Å². The van der Waals surface area contributed by atoms with Crippen LogP contribution >= 0.6 is 24.8 Å². The van der Waals surface area contributed by atoms with E-state index in [1.54, 1.807) is 0 Å². The van der Waals surface area contributed by atoms with E-state index in [1.807, 2.05) is 0 Å². The van der Waals surface area contributed by atoms with Gasteiger partial charge in [0, 0.05) is 0 Å². The minimum Gasteiger partial charge on any atom is -0.394 e. The van der Waals surface area contributed by atoms with Gasteiger partial charge in [0.25, 0.3) is 0 Å². The van der Waals surface area contributed by atoms with E-state index in [2.05, 4.69) is 0 Å². The van der Waals surface area contributed by atoms with Crippen LogP contribution in [0.2, 0.25) is 0 Å². The molecule has 0 rings (SSSR count). The Morgan fingerprint density at radius 3 is 1.00 bits per heavy atom. The summed E-state index contributed by atoms with van der Waals surface area (Å²) in [7, 11) is 0. The fourth-order valence-electron chi connectivity index (χ4n) is 0.671. The molecule has 0 saturated carbocycles. The molecule has 0 radical (unpaired) electrons. The predicted molar refractivity (Wildman–Crippen MR) is 52.7 cm³/mol. The first-order valence-corrected chi connectivity index (χ1v) is 3.48. The molecule has 6 N–H and O–H groups in total. The molecule has 0 saturated heterocycles. The van der Waals surface area contributed by atoms with E-state index in [1.165, 1.54) is 0 Å². The van der Waals surface area contributed by atoms with Crippen molar-refractivity contribution >= 4 is 24.8 Å². The third-order valence-electron chi connectivity index (χ3n) is 1.51. The third-order valence-corrected chi connectivity index (χ3v) is 1.51. The van der Waals surface area contributed by atoms with E-state index >= 15 is 0 Å². The van der Waals surface area contributed by atoms with Crippen molar-refractivity contribution < 1.29 is 30.6 Å². The average Bonchev–Trinajstić information content (AvgIpc) is 2.12. The largest absolute Gasteiger partial charge is 0.394 e. The van der Waals surface area contributed by atoms with E-state index in [4.69, 9.17) is 30.6 Å². The lowest BCUT2D eigenvalue weighted by molar-refractivity contribution is -0.123. The highest BCUT2D eigenvalue weighted by atomic mass is 35.5. The molecular formula is C6H16Cl2O6. The molecule has 6 nitrogen and oxygen atoms in total. The maximum Gasteiger partial charge on any atom is 0.111 e. The van der Waals surface area contributed by atoms with Crippen LogP contribution < -0.4 is 0 Å². The van der Waals surface area contributed by atoms with Gasteiger partial charge in [-0.05, 0) is 0 Å². The SMILES string of the molecule is Cl.Cl.OC[C@@H](O)[C@H](O)[C@H](O)[C@H](O)CO. The van der Waals surface area contributed by atoms with E-state index in [0.717, 1.165) is 0 Å². The van der Waals surface area contributed by atoms with Crippen LogP contribution in [-0.2, 0) is 0 Å². The third kappa shape index (κ3) is 5.94. The molecule has 14 heavy (non-hydrogen) atoms. The fraction of sp³-hybridized carbons (Fsp3) is 1.00. The first-order chi connectivity index (χ1) is 5.54. The minimum absolute atomic E-state index is 0. The average molecular weight is 255 g/mol. The van der Waals surface area contributed by atoms with Crippen molar-refractivity contribution in [2.45, 2.75) is 24.4 Å². The van der Waals surface area contributed by atoms with Gasteiger partial charge >= 0.3 is 0 Å². The van der Waals surface area contributed by atoms with Crippen molar-refractivity contribution in [1.29, 1.82) is 0 Å². The van der Waals surface area contributed by atoms with Crippen molar-refractivity contribution in [2.75, 3.05) is 13.2 Å². The zero-order valence-electron chi connectivity index (χ0n) is 7.22. The van der Waals surface area contributed by atoms with Crippen molar-refractivity contribution in [1.82, 2.24) is 0 Å². The summed E-state index contributed by atoms with van der Waals surface area (Å²) in [6.07, 6.45) is -6.39. The van der Waals surface area contributed by atoms with Gasteiger partial charge in [0.2, 0.25) is 0 Å². The molecule has 0 heterocycles. The van der Waals surface area contributed by atoms with Crippen molar-refractivity contribution in [3.8, 4) is 0 Å². The second-order valence-electron chi connectivity index (χ2n) is 2.48. The molecule has 4 atom stereocenters. The highest BCUT2D eigenvalue weighted by Gasteiger charge is 2.29. The van der Waals surface area contributed by atoms with Gasteiger partial charge in [-0.15, -0.1) is 24.8 Å². The number of hydrogen-bond acceptors (Lipinski definition) is 6. The zero-order valence-corrected chi connectivity index (χ0v) is 8.86. The van der Waals surface area contributed by atoms with Crippen molar-refractivity contribution in [3.63, 3.8) is 0 Å². The molecule has 90 valence electrons. The molecule has 0 spiro atoms. The highest BCUT2D eigenvalue weighted by molar-refractivity contribution is 5.85. The van der Waals surface area contributed by atoms with Gasteiger partial charge in [0.05, 0.1) is 13.2 Å². The van der Waals surface area contributed by atoms with Crippen LogP contribution in [0.25, 0.3) is 0 Å².